The Bertz CT molecular complexity index is 534. The standard InChI is InChI=1S/C21H30O2S/c1-14-20-18(21(22-2)23-14)12-15-8-6-7-11-17(15)19(20)13-24-16-9-4-3-5-10-16/h3-5,9-10,14-15,17-21H,6-8,11-13H2,1-2H3/t14-,15+,17-,18-,19-,20-,21-/m0/s1. The van der Waals surface area contributed by atoms with Crippen LogP contribution >= 0.6 is 11.8 Å². The number of hydrogen-bond acceptors (Lipinski definition) is 3. The number of benzene rings is 1. The number of thioether (sulfide) groups is 1. The second kappa shape index (κ2) is 7.39. The molecule has 0 spiro atoms. The number of hydrogen-bond donors (Lipinski definition) is 0. The Morgan fingerprint density at radius 1 is 1.12 bits per heavy atom. The zero-order valence-electron chi connectivity index (χ0n) is 14.9. The lowest BCUT2D eigenvalue weighted by Gasteiger charge is -2.48. The first-order valence-electron chi connectivity index (χ1n) is 9.64. The second-order valence-electron chi connectivity index (χ2n) is 7.92. The minimum absolute atomic E-state index is 0.0251. The summed E-state index contributed by atoms with van der Waals surface area (Å²) in [6.45, 7) is 2.28. The van der Waals surface area contributed by atoms with Crippen molar-refractivity contribution in [3.63, 3.8) is 0 Å². The molecule has 0 aromatic heterocycles. The lowest BCUT2D eigenvalue weighted by atomic mass is 9.58. The molecule has 2 saturated carbocycles. The average molecular weight is 347 g/mol. The Hall–Kier alpha value is -0.510. The van der Waals surface area contributed by atoms with E-state index in [0.717, 1.165) is 17.8 Å². The molecule has 1 aromatic carbocycles. The molecule has 1 heterocycles. The molecule has 132 valence electrons. The molecule has 3 aliphatic rings. The van der Waals surface area contributed by atoms with Gasteiger partial charge < -0.3 is 9.47 Å². The molecular weight excluding hydrogens is 316 g/mol. The predicted molar refractivity (Wildman–Crippen MR) is 99.0 cm³/mol. The van der Waals surface area contributed by atoms with Gasteiger partial charge in [-0.1, -0.05) is 37.5 Å². The minimum Gasteiger partial charge on any atom is -0.356 e. The van der Waals surface area contributed by atoms with Crippen molar-refractivity contribution >= 4 is 11.8 Å². The van der Waals surface area contributed by atoms with Gasteiger partial charge in [0.25, 0.3) is 0 Å². The van der Waals surface area contributed by atoms with E-state index in [-0.39, 0.29) is 6.29 Å². The van der Waals surface area contributed by atoms with E-state index in [9.17, 15) is 0 Å². The van der Waals surface area contributed by atoms with Crippen LogP contribution in [0.5, 0.6) is 0 Å². The van der Waals surface area contributed by atoms with Crippen molar-refractivity contribution in [1.29, 1.82) is 0 Å². The fourth-order valence-corrected chi connectivity index (χ4v) is 6.97. The maximum absolute atomic E-state index is 6.21. The van der Waals surface area contributed by atoms with Gasteiger partial charge in [0.05, 0.1) is 6.10 Å². The van der Waals surface area contributed by atoms with Crippen LogP contribution in [0, 0.1) is 29.6 Å². The molecule has 24 heavy (non-hydrogen) atoms. The summed E-state index contributed by atoms with van der Waals surface area (Å²) in [6.07, 6.45) is 7.38. The molecule has 3 fully saturated rings. The first-order chi connectivity index (χ1) is 11.8. The number of ether oxygens (including phenoxy) is 2. The van der Waals surface area contributed by atoms with Crippen molar-refractivity contribution in [2.24, 2.45) is 29.6 Å². The largest absolute Gasteiger partial charge is 0.356 e. The summed E-state index contributed by atoms with van der Waals surface area (Å²) in [4.78, 5) is 1.40. The highest BCUT2D eigenvalue weighted by molar-refractivity contribution is 7.99. The third kappa shape index (κ3) is 3.15. The van der Waals surface area contributed by atoms with Crippen LogP contribution in [-0.4, -0.2) is 25.3 Å². The lowest BCUT2D eigenvalue weighted by Crippen LogP contribution is -2.45. The van der Waals surface area contributed by atoms with Gasteiger partial charge in [0.1, 0.15) is 0 Å². The SMILES string of the molecule is CO[C@H]1O[C@@H](C)[C@H]2[C@@H]1C[C@H]1CCCC[C@@H]1[C@@H]2CSc1ccccc1. The highest BCUT2D eigenvalue weighted by Gasteiger charge is 2.53. The molecule has 4 rings (SSSR count). The van der Waals surface area contributed by atoms with Crippen molar-refractivity contribution in [2.45, 2.75) is 56.3 Å². The molecule has 0 radical (unpaired) electrons. The first kappa shape index (κ1) is 16.9. The van der Waals surface area contributed by atoms with Gasteiger partial charge in [0.2, 0.25) is 0 Å². The Kier molecular flexibility index (Phi) is 5.21. The van der Waals surface area contributed by atoms with Crippen LogP contribution in [-0.2, 0) is 9.47 Å². The summed E-state index contributed by atoms with van der Waals surface area (Å²) in [5, 5.41) is 0. The molecule has 3 heteroatoms. The molecule has 0 unspecified atom stereocenters. The van der Waals surface area contributed by atoms with Crippen LogP contribution in [0.1, 0.15) is 39.0 Å². The fraction of sp³-hybridized carbons (Fsp3) is 0.714. The molecule has 2 aliphatic carbocycles. The smallest absolute Gasteiger partial charge is 0.160 e. The predicted octanol–water partition coefficient (Wildman–Crippen LogP) is 5.23. The topological polar surface area (TPSA) is 18.5 Å². The second-order valence-corrected chi connectivity index (χ2v) is 9.01. The van der Waals surface area contributed by atoms with Crippen molar-refractivity contribution in [3.8, 4) is 0 Å². The monoisotopic (exact) mass is 346 g/mol. The maximum atomic E-state index is 6.21. The van der Waals surface area contributed by atoms with Gasteiger partial charge in [0, 0.05) is 23.7 Å². The highest BCUT2D eigenvalue weighted by Crippen LogP contribution is 2.55. The average Bonchev–Trinajstić information content (AvgIpc) is 2.95. The Balaban J connectivity index is 1.55. The number of fused-ring (bicyclic) bond motifs is 2. The molecule has 1 aromatic rings. The van der Waals surface area contributed by atoms with Gasteiger partial charge in [-0.15, -0.1) is 11.8 Å². The number of rotatable bonds is 4. The van der Waals surface area contributed by atoms with Crippen LogP contribution in [0.15, 0.2) is 35.2 Å². The summed E-state index contributed by atoms with van der Waals surface area (Å²) in [5.74, 6) is 5.08. The van der Waals surface area contributed by atoms with E-state index in [1.165, 1.54) is 42.8 Å². The zero-order chi connectivity index (χ0) is 16.5. The van der Waals surface area contributed by atoms with Crippen LogP contribution in [0.2, 0.25) is 0 Å². The van der Waals surface area contributed by atoms with E-state index in [0.29, 0.717) is 17.9 Å². The zero-order valence-corrected chi connectivity index (χ0v) is 15.7. The molecule has 0 amide bonds. The molecule has 7 atom stereocenters. The Morgan fingerprint density at radius 2 is 1.92 bits per heavy atom. The van der Waals surface area contributed by atoms with Crippen molar-refractivity contribution < 1.29 is 9.47 Å². The van der Waals surface area contributed by atoms with Crippen LogP contribution in [0.4, 0.5) is 0 Å². The summed E-state index contributed by atoms with van der Waals surface area (Å²) >= 11 is 2.05. The maximum Gasteiger partial charge on any atom is 0.160 e. The molecule has 2 nitrogen and oxygen atoms in total. The highest BCUT2D eigenvalue weighted by atomic mass is 32.2. The third-order valence-corrected chi connectivity index (χ3v) is 7.90. The third-order valence-electron chi connectivity index (χ3n) is 6.74. The van der Waals surface area contributed by atoms with E-state index >= 15 is 0 Å². The Morgan fingerprint density at radius 3 is 2.71 bits per heavy atom. The summed E-state index contributed by atoms with van der Waals surface area (Å²) in [7, 11) is 1.82. The summed E-state index contributed by atoms with van der Waals surface area (Å²) < 4.78 is 11.9. The quantitative estimate of drug-likeness (QED) is 0.696. The van der Waals surface area contributed by atoms with Gasteiger partial charge in [0.15, 0.2) is 6.29 Å². The van der Waals surface area contributed by atoms with Crippen LogP contribution < -0.4 is 0 Å². The molecular formula is C21H30O2S. The first-order valence-corrected chi connectivity index (χ1v) is 10.6. The van der Waals surface area contributed by atoms with Crippen LogP contribution in [0.3, 0.4) is 0 Å². The lowest BCUT2D eigenvalue weighted by molar-refractivity contribution is -0.132. The van der Waals surface area contributed by atoms with Crippen LogP contribution in [0.25, 0.3) is 0 Å². The van der Waals surface area contributed by atoms with E-state index in [1.807, 2.05) is 18.9 Å². The van der Waals surface area contributed by atoms with Crippen molar-refractivity contribution in [3.05, 3.63) is 30.3 Å². The van der Waals surface area contributed by atoms with E-state index in [4.69, 9.17) is 9.47 Å². The van der Waals surface area contributed by atoms with Gasteiger partial charge in [-0.05, 0) is 55.6 Å². The normalized spacial score (nSPS) is 41.7. The van der Waals surface area contributed by atoms with E-state index in [1.54, 1.807) is 0 Å². The van der Waals surface area contributed by atoms with Crippen molar-refractivity contribution in [2.75, 3.05) is 12.9 Å². The van der Waals surface area contributed by atoms with Crippen molar-refractivity contribution in [1.82, 2.24) is 0 Å². The molecule has 0 bridgehead atoms. The summed E-state index contributed by atoms with van der Waals surface area (Å²) in [6, 6.07) is 10.9. The summed E-state index contributed by atoms with van der Waals surface area (Å²) in [5.41, 5.74) is 0. The van der Waals surface area contributed by atoms with Gasteiger partial charge >= 0.3 is 0 Å². The molecule has 0 N–H and O–H groups in total. The van der Waals surface area contributed by atoms with Gasteiger partial charge in [-0.25, -0.2) is 0 Å². The number of methoxy groups -OCH3 is 1. The van der Waals surface area contributed by atoms with Gasteiger partial charge in [-0.3, -0.25) is 0 Å². The fourth-order valence-electron chi connectivity index (χ4n) is 5.77. The van der Waals surface area contributed by atoms with E-state index in [2.05, 4.69) is 37.3 Å². The molecule has 1 aliphatic heterocycles. The van der Waals surface area contributed by atoms with Gasteiger partial charge in [-0.2, -0.15) is 0 Å². The Labute approximate surface area is 150 Å². The molecule has 1 saturated heterocycles. The minimum atomic E-state index is 0.0251. The van der Waals surface area contributed by atoms with E-state index < -0.39 is 0 Å².